The minimum Gasteiger partial charge on any atom is -0.309 e. The standard InChI is InChI=1S/C15H18BrN3/c1-10-5-7-11(8-6-10)15-13(16)14(18-19(15)2)12-4-3-9-17-12/h5-8,12,17H,3-4,9H2,1-2H3. The van der Waals surface area contributed by atoms with Gasteiger partial charge in [0.15, 0.2) is 0 Å². The van der Waals surface area contributed by atoms with E-state index in [2.05, 4.69) is 52.4 Å². The number of hydrogen-bond acceptors (Lipinski definition) is 2. The summed E-state index contributed by atoms with van der Waals surface area (Å²) in [5.41, 5.74) is 4.77. The van der Waals surface area contributed by atoms with Crippen molar-refractivity contribution in [2.75, 3.05) is 6.54 Å². The number of aromatic nitrogens is 2. The van der Waals surface area contributed by atoms with Crippen LogP contribution in [0.3, 0.4) is 0 Å². The average Bonchev–Trinajstić information content (AvgIpc) is 3.00. The topological polar surface area (TPSA) is 29.9 Å². The molecule has 100 valence electrons. The molecule has 1 aromatic heterocycles. The van der Waals surface area contributed by atoms with Gasteiger partial charge in [0.25, 0.3) is 0 Å². The Bertz CT molecular complexity index is 580. The molecular formula is C15H18BrN3. The van der Waals surface area contributed by atoms with Crippen molar-refractivity contribution >= 4 is 15.9 Å². The van der Waals surface area contributed by atoms with Crippen molar-refractivity contribution in [3.05, 3.63) is 40.0 Å². The normalized spacial score (nSPS) is 19.0. The van der Waals surface area contributed by atoms with Crippen molar-refractivity contribution < 1.29 is 0 Å². The summed E-state index contributed by atoms with van der Waals surface area (Å²) in [6, 6.07) is 8.98. The van der Waals surface area contributed by atoms with E-state index in [1.54, 1.807) is 0 Å². The zero-order valence-electron chi connectivity index (χ0n) is 11.3. The molecule has 1 unspecified atom stereocenters. The van der Waals surface area contributed by atoms with Gasteiger partial charge in [-0.15, -0.1) is 0 Å². The number of nitrogens with zero attached hydrogens (tertiary/aromatic N) is 2. The summed E-state index contributed by atoms with van der Waals surface area (Å²) < 4.78 is 3.10. The number of hydrogen-bond donors (Lipinski definition) is 1. The van der Waals surface area contributed by atoms with Gasteiger partial charge in [-0.25, -0.2) is 0 Å². The summed E-state index contributed by atoms with van der Waals surface area (Å²) in [6.07, 6.45) is 2.40. The van der Waals surface area contributed by atoms with E-state index < -0.39 is 0 Å². The maximum Gasteiger partial charge on any atom is 0.0942 e. The summed E-state index contributed by atoms with van der Waals surface area (Å²) in [6.45, 7) is 3.20. The molecule has 1 fully saturated rings. The second kappa shape index (κ2) is 5.10. The van der Waals surface area contributed by atoms with Gasteiger partial charge in [-0.2, -0.15) is 5.10 Å². The van der Waals surface area contributed by atoms with Crippen LogP contribution < -0.4 is 5.32 Å². The Morgan fingerprint density at radius 2 is 2.05 bits per heavy atom. The first-order chi connectivity index (χ1) is 9.16. The van der Waals surface area contributed by atoms with Crippen molar-refractivity contribution in [3.63, 3.8) is 0 Å². The van der Waals surface area contributed by atoms with Gasteiger partial charge in [0.2, 0.25) is 0 Å². The molecule has 19 heavy (non-hydrogen) atoms. The van der Waals surface area contributed by atoms with Crippen molar-refractivity contribution in [1.82, 2.24) is 15.1 Å². The maximum absolute atomic E-state index is 4.70. The van der Waals surface area contributed by atoms with Crippen LogP contribution in [-0.2, 0) is 7.05 Å². The van der Waals surface area contributed by atoms with E-state index in [1.165, 1.54) is 24.0 Å². The largest absolute Gasteiger partial charge is 0.309 e. The predicted octanol–water partition coefficient (Wildman–Crippen LogP) is 3.58. The van der Waals surface area contributed by atoms with E-state index in [4.69, 9.17) is 5.10 Å². The van der Waals surface area contributed by atoms with Crippen LogP contribution in [-0.4, -0.2) is 16.3 Å². The third-order valence-electron chi connectivity index (χ3n) is 3.73. The minimum absolute atomic E-state index is 0.389. The molecule has 2 aromatic rings. The van der Waals surface area contributed by atoms with Gasteiger partial charge in [0.05, 0.1) is 21.9 Å². The fourth-order valence-electron chi connectivity index (χ4n) is 2.68. The zero-order chi connectivity index (χ0) is 13.4. The fourth-order valence-corrected chi connectivity index (χ4v) is 3.53. The summed E-state index contributed by atoms with van der Waals surface area (Å²) in [5.74, 6) is 0. The molecule has 3 rings (SSSR count). The number of nitrogens with one attached hydrogen (secondary N) is 1. The lowest BCUT2D eigenvalue weighted by molar-refractivity contribution is 0.606. The Balaban J connectivity index is 2.04. The van der Waals surface area contributed by atoms with Crippen LogP contribution >= 0.6 is 15.9 Å². The van der Waals surface area contributed by atoms with E-state index in [1.807, 2.05) is 11.7 Å². The molecule has 4 heteroatoms. The van der Waals surface area contributed by atoms with Crippen molar-refractivity contribution in [2.45, 2.75) is 25.8 Å². The first-order valence-corrected chi connectivity index (χ1v) is 7.49. The summed E-state index contributed by atoms with van der Waals surface area (Å²) in [4.78, 5) is 0. The van der Waals surface area contributed by atoms with Gasteiger partial charge in [0, 0.05) is 12.6 Å². The maximum atomic E-state index is 4.70. The number of rotatable bonds is 2. The average molecular weight is 320 g/mol. The Morgan fingerprint density at radius 1 is 1.32 bits per heavy atom. The lowest BCUT2D eigenvalue weighted by Gasteiger charge is -2.07. The molecule has 1 aromatic carbocycles. The third kappa shape index (κ3) is 2.35. The van der Waals surface area contributed by atoms with Gasteiger partial charge in [0.1, 0.15) is 0 Å². The highest BCUT2D eigenvalue weighted by molar-refractivity contribution is 9.10. The monoisotopic (exact) mass is 319 g/mol. The van der Waals surface area contributed by atoms with Crippen LogP contribution in [0.5, 0.6) is 0 Å². The predicted molar refractivity (Wildman–Crippen MR) is 81.1 cm³/mol. The lowest BCUT2D eigenvalue weighted by Crippen LogP contribution is -2.14. The second-order valence-electron chi connectivity index (χ2n) is 5.19. The van der Waals surface area contributed by atoms with Gasteiger partial charge in [-0.05, 0) is 42.2 Å². The Labute approximate surface area is 122 Å². The first kappa shape index (κ1) is 12.9. The Hall–Kier alpha value is -1.13. The molecule has 1 aliphatic heterocycles. The van der Waals surface area contributed by atoms with Gasteiger partial charge >= 0.3 is 0 Å². The van der Waals surface area contributed by atoms with E-state index in [-0.39, 0.29) is 0 Å². The molecule has 0 radical (unpaired) electrons. The van der Waals surface area contributed by atoms with E-state index in [0.29, 0.717) is 6.04 Å². The van der Waals surface area contributed by atoms with Crippen LogP contribution in [0.1, 0.15) is 30.1 Å². The molecule has 2 heterocycles. The molecule has 1 N–H and O–H groups in total. The molecule has 0 amide bonds. The van der Waals surface area contributed by atoms with Crippen LogP contribution in [0.4, 0.5) is 0 Å². The number of aryl methyl sites for hydroxylation is 2. The molecule has 0 spiro atoms. The quantitative estimate of drug-likeness (QED) is 0.916. The first-order valence-electron chi connectivity index (χ1n) is 6.69. The SMILES string of the molecule is Cc1ccc(-c2c(Br)c(C3CCCN3)nn2C)cc1. The minimum atomic E-state index is 0.389. The molecule has 1 saturated heterocycles. The Morgan fingerprint density at radius 3 is 2.68 bits per heavy atom. The zero-order valence-corrected chi connectivity index (χ0v) is 12.9. The molecule has 0 aliphatic carbocycles. The molecular weight excluding hydrogens is 302 g/mol. The number of benzene rings is 1. The Kier molecular flexibility index (Phi) is 3.46. The third-order valence-corrected chi connectivity index (χ3v) is 4.51. The highest BCUT2D eigenvalue weighted by atomic mass is 79.9. The van der Waals surface area contributed by atoms with Crippen LogP contribution in [0.2, 0.25) is 0 Å². The van der Waals surface area contributed by atoms with Crippen molar-refractivity contribution in [1.29, 1.82) is 0 Å². The van der Waals surface area contributed by atoms with Crippen LogP contribution in [0, 0.1) is 6.92 Å². The van der Waals surface area contributed by atoms with Crippen LogP contribution in [0.25, 0.3) is 11.3 Å². The fraction of sp³-hybridized carbons (Fsp3) is 0.400. The molecule has 1 aliphatic rings. The van der Waals surface area contributed by atoms with Gasteiger partial charge in [-0.1, -0.05) is 29.8 Å². The molecule has 1 atom stereocenters. The van der Waals surface area contributed by atoms with Crippen LogP contribution in [0.15, 0.2) is 28.7 Å². The highest BCUT2D eigenvalue weighted by Crippen LogP contribution is 2.36. The van der Waals surface area contributed by atoms with E-state index in [0.717, 1.165) is 22.4 Å². The second-order valence-corrected chi connectivity index (χ2v) is 5.98. The lowest BCUT2D eigenvalue weighted by atomic mass is 10.1. The van der Waals surface area contributed by atoms with Gasteiger partial charge < -0.3 is 5.32 Å². The van der Waals surface area contributed by atoms with Crippen molar-refractivity contribution in [2.24, 2.45) is 7.05 Å². The molecule has 0 bridgehead atoms. The summed E-state index contributed by atoms with van der Waals surface area (Å²) in [7, 11) is 2.01. The van der Waals surface area contributed by atoms with Gasteiger partial charge in [-0.3, -0.25) is 4.68 Å². The summed E-state index contributed by atoms with van der Waals surface area (Å²) >= 11 is 3.74. The number of halogens is 1. The molecule has 3 nitrogen and oxygen atoms in total. The highest BCUT2D eigenvalue weighted by Gasteiger charge is 2.24. The smallest absolute Gasteiger partial charge is 0.0942 e. The molecule has 0 saturated carbocycles. The van der Waals surface area contributed by atoms with E-state index >= 15 is 0 Å². The summed E-state index contributed by atoms with van der Waals surface area (Å²) in [5, 5.41) is 8.21. The van der Waals surface area contributed by atoms with Crippen molar-refractivity contribution in [3.8, 4) is 11.3 Å². The van der Waals surface area contributed by atoms with E-state index in [9.17, 15) is 0 Å².